The largest absolute Gasteiger partial charge is 0.455 e. The zero-order valence-corrected chi connectivity index (χ0v) is 25.7. The maximum atomic E-state index is 9.68. The summed E-state index contributed by atoms with van der Waals surface area (Å²) in [6.07, 6.45) is 0. The average Bonchev–Trinajstić information content (AvgIpc) is 3.83. The van der Waals surface area contributed by atoms with E-state index in [2.05, 4.69) is 30.3 Å². The van der Waals surface area contributed by atoms with Gasteiger partial charge in [-0.2, -0.15) is 0 Å². The van der Waals surface area contributed by atoms with E-state index in [1.807, 2.05) is 66.7 Å². The van der Waals surface area contributed by atoms with Crippen LogP contribution in [0, 0.1) is 0 Å². The molecule has 3 heterocycles. The Morgan fingerprint density at radius 2 is 1.15 bits per heavy atom. The average molecular weight is 641 g/mol. The van der Waals surface area contributed by atoms with Crippen molar-refractivity contribution in [2.75, 3.05) is 0 Å². The second kappa shape index (κ2) is 10.7. The van der Waals surface area contributed by atoms with Gasteiger partial charge in [-0.3, -0.25) is 0 Å². The molecule has 0 spiro atoms. The molecule has 0 aliphatic heterocycles. The number of rotatable bonds is 4. The Hall–Kier alpha value is -6.17. The first-order valence-corrected chi connectivity index (χ1v) is 16.0. The van der Waals surface area contributed by atoms with Crippen LogP contribution in [-0.4, -0.2) is 15.0 Å². The Kier molecular flexibility index (Phi) is 4.34. The van der Waals surface area contributed by atoms with E-state index in [4.69, 9.17) is 30.3 Å². The van der Waals surface area contributed by atoms with Crippen molar-refractivity contribution in [2.45, 2.75) is 0 Å². The van der Waals surface area contributed by atoms with E-state index in [-0.39, 0.29) is 61.8 Å². The van der Waals surface area contributed by atoms with E-state index in [1.165, 1.54) is 0 Å². The number of fused-ring (bicyclic) bond motifs is 8. The van der Waals surface area contributed by atoms with Crippen molar-refractivity contribution in [3.63, 3.8) is 0 Å². The summed E-state index contributed by atoms with van der Waals surface area (Å²) in [6, 6.07) is 27.4. The van der Waals surface area contributed by atoms with Gasteiger partial charge >= 0.3 is 0 Å². The lowest BCUT2D eigenvalue weighted by molar-refractivity contribution is 0.672. The summed E-state index contributed by atoms with van der Waals surface area (Å²) in [5.74, 6) is 0.461. The normalized spacial score (nSPS) is 14.4. The minimum Gasteiger partial charge on any atom is -0.455 e. The van der Waals surface area contributed by atoms with Crippen LogP contribution in [0.5, 0.6) is 0 Å². The van der Waals surface area contributed by atoms with Crippen LogP contribution in [0.15, 0.2) is 156 Å². The third-order valence-electron chi connectivity index (χ3n) is 8.48. The van der Waals surface area contributed by atoms with Crippen LogP contribution in [0.4, 0.5) is 0 Å². The molecule has 0 atom stereocenters. The third-order valence-corrected chi connectivity index (χ3v) is 9.61. The number of benzene rings is 7. The Morgan fingerprint density at radius 1 is 0.479 bits per heavy atom. The van der Waals surface area contributed by atoms with Crippen molar-refractivity contribution >= 4 is 64.2 Å². The van der Waals surface area contributed by atoms with Crippen molar-refractivity contribution in [3.8, 4) is 45.3 Å². The summed E-state index contributed by atoms with van der Waals surface area (Å²) < 4.78 is 87.2. The molecule has 0 amide bonds. The van der Waals surface area contributed by atoms with Crippen LogP contribution in [0.1, 0.15) is 12.3 Å². The second-order valence-corrected chi connectivity index (χ2v) is 12.4. The Bertz CT molecular complexity index is 3350. The Labute approximate surface area is 292 Å². The molecule has 0 unspecified atom stereocenters. The zero-order valence-electron chi connectivity index (χ0n) is 33.9. The molecule has 0 saturated carbocycles. The summed E-state index contributed by atoms with van der Waals surface area (Å²) in [5, 5.41) is 1.86. The van der Waals surface area contributed by atoms with Gasteiger partial charge in [-0.05, 0) is 46.8 Å². The highest BCUT2D eigenvalue weighted by atomic mass is 32.1. The van der Waals surface area contributed by atoms with Crippen LogP contribution in [0.3, 0.4) is 0 Å². The third kappa shape index (κ3) is 4.33. The number of furan rings is 1. The molecule has 3 aromatic heterocycles. The van der Waals surface area contributed by atoms with E-state index < -0.39 is 48.3 Å². The minimum atomic E-state index is -0.550. The highest BCUT2D eigenvalue weighted by Crippen LogP contribution is 2.41. The van der Waals surface area contributed by atoms with Gasteiger partial charge in [-0.25, -0.2) is 15.0 Å². The summed E-state index contributed by atoms with van der Waals surface area (Å²) in [6.45, 7) is 0. The number of aromatic nitrogens is 3. The van der Waals surface area contributed by atoms with Gasteiger partial charge in [0.25, 0.3) is 0 Å². The van der Waals surface area contributed by atoms with Crippen LogP contribution >= 0.6 is 11.3 Å². The van der Waals surface area contributed by atoms with Crippen molar-refractivity contribution in [1.82, 2.24) is 15.0 Å². The Morgan fingerprint density at radius 3 is 1.96 bits per heavy atom. The molecule has 0 N–H and O–H groups in total. The lowest BCUT2D eigenvalue weighted by Gasteiger charge is -2.11. The van der Waals surface area contributed by atoms with Gasteiger partial charge in [0.15, 0.2) is 17.5 Å². The van der Waals surface area contributed by atoms with Crippen molar-refractivity contribution in [3.05, 3.63) is 151 Å². The fourth-order valence-corrected chi connectivity index (χ4v) is 7.33. The predicted octanol–water partition coefficient (Wildman–Crippen LogP) is 12.0. The molecule has 10 aromatic rings. The van der Waals surface area contributed by atoms with E-state index in [9.17, 15) is 1.37 Å². The summed E-state index contributed by atoms with van der Waals surface area (Å²) in [4.78, 5) is 14.7. The SMILES string of the molecule is [2H]c1c([2H])c([2H])c2c(oc3c4c([2H])c([2H])c([2H])c([2H])c4c(-c4nc(-c5ccccc5)nc(-c5ccc6c(c5)sc5ccc(-c7ccccc7)cc56)n4)c([2H])c32)c1[2H]. The van der Waals surface area contributed by atoms with E-state index in [1.54, 1.807) is 11.3 Å². The van der Waals surface area contributed by atoms with Gasteiger partial charge in [-0.1, -0.05) is 121 Å². The van der Waals surface area contributed by atoms with Crippen molar-refractivity contribution < 1.29 is 16.8 Å². The molecule has 0 bridgehead atoms. The first-order chi connectivity index (χ1) is 27.5. The summed E-state index contributed by atoms with van der Waals surface area (Å²) >= 11 is 1.64. The monoisotopic (exact) mass is 640 g/mol. The number of para-hydroxylation sites is 1. The lowest BCUT2D eigenvalue weighted by atomic mass is 9.99. The predicted molar refractivity (Wildman–Crippen MR) is 199 cm³/mol. The van der Waals surface area contributed by atoms with Gasteiger partial charge in [-0.15, -0.1) is 11.3 Å². The maximum Gasteiger partial charge on any atom is 0.164 e. The molecule has 0 radical (unpaired) electrons. The summed E-state index contributed by atoms with van der Waals surface area (Å²) in [7, 11) is 0. The fraction of sp³-hybridized carbons (Fsp3) is 0. The van der Waals surface area contributed by atoms with Crippen LogP contribution in [0.2, 0.25) is 0 Å². The van der Waals surface area contributed by atoms with Crippen LogP contribution < -0.4 is 0 Å². The lowest BCUT2D eigenvalue weighted by Crippen LogP contribution is -2.00. The molecule has 224 valence electrons. The molecule has 7 aromatic carbocycles. The molecule has 5 heteroatoms. The second-order valence-electron chi connectivity index (χ2n) is 11.3. The molecule has 0 fully saturated rings. The number of hydrogen-bond donors (Lipinski definition) is 0. The maximum absolute atomic E-state index is 9.68. The Balaban J connectivity index is 1.28. The smallest absolute Gasteiger partial charge is 0.164 e. The van der Waals surface area contributed by atoms with Crippen molar-refractivity contribution in [2.24, 2.45) is 0 Å². The topological polar surface area (TPSA) is 51.8 Å². The van der Waals surface area contributed by atoms with E-state index in [0.717, 1.165) is 31.3 Å². The summed E-state index contributed by atoms with van der Waals surface area (Å²) in [5.41, 5.74) is 3.07. The molecule has 0 aliphatic rings. The van der Waals surface area contributed by atoms with Crippen LogP contribution in [0.25, 0.3) is 98.2 Å². The molecule has 0 saturated heterocycles. The highest BCUT2D eigenvalue weighted by Gasteiger charge is 2.19. The highest BCUT2D eigenvalue weighted by molar-refractivity contribution is 7.25. The van der Waals surface area contributed by atoms with Crippen molar-refractivity contribution in [1.29, 1.82) is 0 Å². The fourth-order valence-electron chi connectivity index (χ4n) is 6.20. The molecular weight excluding hydrogens is 607 g/mol. The first-order valence-electron chi connectivity index (χ1n) is 19.7. The standard InChI is InChI=1S/C43H25N3OS/c1-3-11-26(12-4-1)28-20-22-38-34(23-28)32-21-19-29(24-39(32)48-38)42-44-41(27-13-5-2-6-14-27)45-43(46-42)36-25-35-31-16-9-10-18-37(31)47-40(35)33-17-8-7-15-30(33)36/h1-25H/i7D,8D,9D,10D,15D,16D,17D,18D,25D. The van der Waals surface area contributed by atoms with Gasteiger partial charge in [0.05, 0.1) is 12.3 Å². The number of hydrogen-bond acceptors (Lipinski definition) is 5. The molecule has 48 heavy (non-hydrogen) atoms. The van der Waals surface area contributed by atoms with E-state index in [0.29, 0.717) is 11.1 Å². The van der Waals surface area contributed by atoms with Gasteiger partial charge in [0.2, 0.25) is 0 Å². The number of nitrogens with zero attached hydrogens (tertiary/aromatic N) is 3. The van der Waals surface area contributed by atoms with Gasteiger partial charge in [0, 0.05) is 53.0 Å². The molecular formula is C43H25N3OS. The first kappa shape index (κ1) is 19.5. The molecule has 0 aliphatic carbocycles. The quantitative estimate of drug-likeness (QED) is 0.192. The van der Waals surface area contributed by atoms with Crippen LogP contribution in [-0.2, 0) is 0 Å². The minimum absolute atomic E-state index is 0.0469. The molecule has 10 rings (SSSR count). The van der Waals surface area contributed by atoms with E-state index >= 15 is 0 Å². The number of thiophene rings is 1. The zero-order chi connectivity index (χ0) is 39.4. The van der Waals surface area contributed by atoms with Gasteiger partial charge < -0.3 is 4.42 Å². The molecule has 4 nitrogen and oxygen atoms in total. The van der Waals surface area contributed by atoms with Gasteiger partial charge in [0.1, 0.15) is 11.2 Å².